The van der Waals surface area contributed by atoms with Gasteiger partial charge in [0.15, 0.2) is 0 Å². The van der Waals surface area contributed by atoms with Gasteiger partial charge in [0.1, 0.15) is 0 Å². The molecule has 0 saturated heterocycles. The molecule has 6 heteroatoms. The van der Waals surface area contributed by atoms with E-state index in [1.807, 2.05) is 0 Å². The summed E-state index contributed by atoms with van der Waals surface area (Å²) in [7, 11) is -3.83. The van der Waals surface area contributed by atoms with Gasteiger partial charge in [0, 0.05) is 0 Å². The maximum atomic E-state index is 11.0. The maximum Gasteiger partial charge on any atom is 0.349 e. The van der Waals surface area contributed by atoms with Gasteiger partial charge in [-0.15, -0.1) is 5.92 Å². The lowest BCUT2D eigenvalue weighted by atomic mass is 10.1. The van der Waals surface area contributed by atoms with Crippen LogP contribution in [0.15, 0.2) is 0 Å². The second-order valence-corrected chi connectivity index (χ2v) is 4.50. The van der Waals surface area contributed by atoms with Crippen LogP contribution in [0.25, 0.3) is 0 Å². The van der Waals surface area contributed by atoms with Crippen LogP contribution in [0.5, 0.6) is 0 Å². The molecule has 1 atom stereocenters. The molecule has 0 aliphatic rings. The summed E-state index contributed by atoms with van der Waals surface area (Å²) in [4.78, 5) is 10.7. The number of hydrogen-bond acceptors (Lipinski definition) is 4. The topological polar surface area (TPSA) is 80.7 Å². The van der Waals surface area contributed by atoms with Gasteiger partial charge >= 0.3 is 5.97 Å². The van der Waals surface area contributed by atoms with Crippen molar-refractivity contribution in [3.8, 4) is 11.8 Å². The molecule has 0 saturated carbocycles. The first-order valence-corrected chi connectivity index (χ1v) is 5.45. The molecule has 0 aromatic rings. The summed E-state index contributed by atoms with van der Waals surface area (Å²) in [5.74, 6) is 2.80. The molecule has 80 valence electrons. The zero-order valence-corrected chi connectivity index (χ0v) is 9.01. The van der Waals surface area contributed by atoms with Gasteiger partial charge in [0.2, 0.25) is 5.60 Å². The van der Waals surface area contributed by atoms with Gasteiger partial charge in [0.25, 0.3) is 10.1 Å². The molecule has 0 spiro atoms. The van der Waals surface area contributed by atoms with Crippen molar-refractivity contribution in [1.82, 2.24) is 0 Å². The smallest absolute Gasteiger partial charge is 0.349 e. The Morgan fingerprint density at radius 2 is 2.07 bits per heavy atom. The minimum absolute atomic E-state index is 0.290. The average molecular weight is 220 g/mol. The SMILES string of the molecule is CC#CC(C)(OS(=O)(=O)CC)C(=O)O. The molecule has 0 aliphatic heterocycles. The molecule has 1 N–H and O–H groups in total. The first kappa shape index (κ1) is 12.9. The highest BCUT2D eigenvalue weighted by atomic mass is 32.2. The number of carboxylic acids is 1. The summed E-state index contributed by atoms with van der Waals surface area (Å²) in [6, 6.07) is 0. The second-order valence-electron chi connectivity index (χ2n) is 2.64. The van der Waals surface area contributed by atoms with Crippen LogP contribution in [0.2, 0.25) is 0 Å². The molecule has 0 bridgehead atoms. The third kappa shape index (κ3) is 3.36. The van der Waals surface area contributed by atoms with E-state index in [2.05, 4.69) is 16.0 Å². The molecular formula is C8H12O5S. The summed E-state index contributed by atoms with van der Waals surface area (Å²) >= 11 is 0. The molecule has 0 amide bonds. The summed E-state index contributed by atoms with van der Waals surface area (Å²) in [5.41, 5.74) is -2.00. The van der Waals surface area contributed by atoms with Crippen LogP contribution in [0.4, 0.5) is 0 Å². The van der Waals surface area contributed by atoms with Crippen molar-refractivity contribution >= 4 is 16.1 Å². The lowest BCUT2D eigenvalue weighted by Gasteiger charge is -2.17. The van der Waals surface area contributed by atoms with Crippen molar-refractivity contribution in [3.05, 3.63) is 0 Å². The van der Waals surface area contributed by atoms with Crippen LogP contribution < -0.4 is 0 Å². The molecule has 0 rings (SSSR count). The zero-order chi connectivity index (χ0) is 11.4. The first-order valence-electron chi connectivity index (χ1n) is 3.88. The predicted octanol–water partition coefficient (Wildman–Crippen LogP) is 0.219. The molecular weight excluding hydrogens is 208 g/mol. The van der Waals surface area contributed by atoms with E-state index in [0.717, 1.165) is 6.92 Å². The van der Waals surface area contributed by atoms with Crippen molar-refractivity contribution in [2.24, 2.45) is 0 Å². The summed E-state index contributed by atoms with van der Waals surface area (Å²) < 4.78 is 26.6. The maximum absolute atomic E-state index is 11.0. The molecule has 14 heavy (non-hydrogen) atoms. The molecule has 0 heterocycles. The molecule has 0 fully saturated rings. The molecule has 0 aliphatic carbocycles. The fraction of sp³-hybridized carbons (Fsp3) is 0.625. The van der Waals surface area contributed by atoms with Crippen LogP contribution in [0.3, 0.4) is 0 Å². The number of rotatable bonds is 4. The minimum Gasteiger partial charge on any atom is -0.478 e. The Hall–Kier alpha value is -1.06. The normalized spacial score (nSPS) is 15.1. The van der Waals surface area contributed by atoms with Crippen LogP contribution in [-0.2, 0) is 19.1 Å². The number of carbonyl (C=O) groups is 1. The Balaban J connectivity index is 5.05. The van der Waals surface area contributed by atoms with Crippen molar-refractivity contribution in [3.63, 3.8) is 0 Å². The minimum atomic E-state index is -3.83. The molecule has 0 aromatic carbocycles. The Bertz CT molecular complexity index is 372. The van der Waals surface area contributed by atoms with Gasteiger partial charge < -0.3 is 5.11 Å². The largest absolute Gasteiger partial charge is 0.478 e. The molecule has 0 radical (unpaired) electrons. The average Bonchev–Trinajstić information content (AvgIpc) is 2.03. The van der Waals surface area contributed by atoms with Crippen LogP contribution >= 0.6 is 0 Å². The summed E-state index contributed by atoms with van der Waals surface area (Å²) in [5, 5.41) is 8.73. The molecule has 0 aromatic heterocycles. The highest BCUT2D eigenvalue weighted by Crippen LogP contribution is 2.13. The number of aliphatic carboxylic acids is 1. The second kappa shape index (κ2) is 4.44. The van der Waals surface area contributed by atoms with Gasteiger partial charge in [-0.3, -0.25) is 0 Å². The Morgan fingerprint density at radius 1 is 1.57 bits per heavy atom. The third-order valence-electron chi connectivity index (χ3n) is 1.42. The van der Waals surface area contributed by atoms with E-state index >= 15 is 0 Å². The third-order valence-corrected chi connectivity index (χ3v) is 2.71. The van der Waals surface area contributed by atoms with E-state index < -0.39 is 21.7 Å². The van der Waals surface area contributed by atoms with Gasteiger partial charge in [-0.2, -0.15) is 8.42 Å². The predicted molar refractivity (Wildman–Crippen MR) is 50.0 cm³/mol. The Kier molecular flexibility index (Phi) is 4.10. The van der Waals surface area contributed by atoms with Crippen molar-refractivity contribution in [1.29, 1.82) is 0 Å². The van der Waals surface area contributed by atoms with Crippen molar-refractivity contribution in [2.75, 3.05) is 5.75 Å². The van der Waals surface area contributed by atoms with Gasteiger partial charge in [-0.1, -0.05) is 5.92 Å². The monoisotopic (exact) mass is 220 g/mol. The number of carboxylic acid groups (broad SMARTS) is 1. The highest BCUT2D eigenvalue weighted by Gasteiger charge is 2.37. The van der Waals surface area contributed by atoms with Crippen molar-refractivity contribution in [2.45, 2.75) is 26.4 Å². The van der Waals surface area contributed by atoms with E-state index in [-0.39, 0.29) is 5.75 Å². The number of hydrogen-bond donors (Lipinski definition) is 1. The summed E-state index contributed by atoms with van der Waals surface area (Å²) in [6.07, 6.45) is 0. The van der Waals surface area contributed by atoms with Crippen LogP contribution in [-0.4, -0.2) is 30.8 Å². The lowest BCUT2D eigenvalue weighted by molar-refractivity contribution is -0.148. The van der Waals surface area contributed by atoms with E-state index in [0.29, 0.717) is 0 Å². The van der Waals surface area contributed by atoms with E-state index in [9.17, 15) is 13.2 Å². The molecule has 5 nitrogen and oxygen atoms in total. The first-order chi connectivity index (χ1) is 6.27. The van der Waals surface area contributed by atoms with Crippen LogP contribution in [0.1, 0.15) is 20.8 Å². The highest BCUT2D eigenvalue weighted by molar-refractivity contribution is 7.86. The summed E-state index contributed by atoms with van der Waals surface area (Å²) in [6.45, 7) is 3.86. The Labute approximate surface area is 83.2 Å². The lowest BCUT2D eigenvalue weighted by Crippen LogP contribution is -2.39. The van der Waals surface area contributed by atoms with E-state index in [4.69, 9.17) is 5.11 Å². The van der Waals surface area contributed by atoms with Crippen molar-refractivity contribution < 1.29 is 22.5 Å². The van der Waals surface area contributed by atoms with Gasteiger partial charge in [-0.05, 0) is 20.8 Å². The fourth-order valence-corrected chi connectivity index (χ4v) is 1.40. The van der Waals surface area contributed by atoms with Gasteiger partial charge in [0.05, 0.1) is 5.75 Å². The molecule has 1 unspecified atom stereocenters. The van der Waals surface area contributed by atoms with E-state index in [1.54, 1.807) is 0 Å². The quantitative estimate of drug-likeness (QED) is 0.541. The zero-order valence-electron chi connectivity index (χ0n) is 8.20. The van der Waals surface area contributed by atoms with Crippen LogP contribution in [0, 0.1) is 11.8 Å². The standard InChI is InChI=1S/C8H12O5S/c1-4-6-8(3,7(9)10)13-14(11,12)5-2/h5H2,1-3H3,(H,9,10). The van der Waals surface area contributed by atoms with Gasteiger partial charge in [-0.25, -0.2) is 8.98 Å². The fourth-order valence-electron chi connectivity index (χ4n) is 0.661. The Morgan fingerprint density at radius 3 is 2.36 bits per heavy atom. The van der Waals surface area contributed by atoms with E-state index in [1.165, 1.54) is 13.8 Å².